The lowest BCUT2D eigenvalue weighted by Crippen LogP contribution is -2.44. The molecule has 20 heavy (non-hydrogen) atoms. The Bertz CT molecular complexity index is 432. The molecule has 1 fully saturated rings. The van der Waals surface area contributed by atoms with Gasteiger partial charge in [0.25, 0.3) is 0 Å². The molecule has 2 aliphatic heterocycles. The lowest BCUT2D eigenvalue weighted by Gasteiger charge is -2.30. The Hall–Kier alpha value is -1.06. The number of nitrogens with zero attached hydrogens (tertiary/aromatic N) is 2. The van der Waals surface area contributed by atoms with Gasteiger partial charge in [0.1, 0.15) is 0 Å². The summed E-state index contributed by atoms with van der Waals surface area (Å²) in [4.78, 5) is 4.99. The largest absolute Gasteiger partial charge is 0.371 e. The Balaban J connectivity index is 1.38. The second kappa shape index (κ2) is 6.59. The quantitative estimate of drug-likeness (QED) is 0.829. The first-order chi connectivity index (χ1) is 9.83. The number of nitrogens with one attached hydrogen (secondary N) is 1. The molecular weight excluding hydrogens is 246 g/mol. The van der Waals surface area contributed by atoms with Crippen molar-refractivity contribution in [1.29, 1.82) is 0 Å². The Morgan fingerprint density at radius 3 is 3.05 bits per heavy atom. The van der Waals surface area contributed by atoms with E-state index in [0.717, 1.165) is 6.54 Å². The molecule has 110 valence electrons. The van der Waals surface area contributed by atoms with Crippen molar-refractivity contribution in [2.45, 2.75) is 31.7 Å². The summed E-state index contributed by atoms with van der Waals surface area (Å²) in [5, 5.41) is 3.73. The molecule has 0 amide bonds. The third kappa shape index (κ3) is 3.33. The Morgan fingerprint density at radius 2 is 2.15 bits per heavy atom. The van der Waals surface area contributed by atoms with E-state index in [-0.39, 0.29) is 0 Å². The zero-order valence-corrected chi connectivity index (χ0v) is 12.6. The van der Waals surface area contributed by atoms with E-state index in [2.05, 4.69) is 46.4 Å². The molecule has 1 unspecified atom stereocenters. The molecule has 1 aromatic carbocycles. The van der Waals surface area contributed by atoms with Crippen molar-refractivity contribution in [3.05, 3.63) is 29.8 Å². The first kappa shape index (κ1) is 13.9. The van der Waals surface area contributed by atoms with Crippen LogP contribution in [0.2, 0.25) is 0 Å². The molecule has 1 aromatic rings. The Labute approximate surface area is 123 Å². The van der Waals surface area contributed by atoms with Gasteiger partial charge in [-0.2, -0.15) is 0 Å². The number of para-hydroxylation sites is 1. The number of likely N-dealkylation sites (N-methyl/N-ethyl adjacent to an activating group) is 1. The van der Waals surface area contributed by atoms with Gasteiger partial charge in [0.15, 0.2) is 0 Å². The van der Waals surface area contributed by atoms with Crippen LogP contribution in [0.5, 0.6) is 0 Å². The number of hydrogen-bond acceptors (Lipinski definition) is 3. The minimum Gasteiger partial charge on any atom is -0.371 e. The highest BCUT2D eigenvalue weighted by Gasteiger charge is 2.18. The van der Waals surface area contributed by atoms with Gasteiger partial charge < -0.3 is 15.1 Å². The summed E-state index contributed by atoms with van der Waals surface area (Å²) in [6.45, 7) is 6.02. The van der Waals surface area contributed by atoms with Gasteiger partial charge in [-0.1, -0.05) is 18.2 Å². The van der Waals surface area contributed by atoms with Crippen molar-refractivity contribution < 1.29 is 0 Å². The molecule has 0 bridgehead atoms. The molecule has 3 nitrogen and oxygen atoms in total. The minimum atomic E-state index is 0.708. The van der Waals surface area contributed by atoms with Gasteiger partial charge in [-0.25, -0.2) is 0 Å². The standard InChI is InChI=1S/C17H27N3/c1-19-11-4-7-16(14-19)18-10-5-12-20-13-9-15-6-2-3-8-17(15)20/h2-3,6,8,16,18H,4-5,7,9-14H2,1H3. The lowest BCUT2D eigenvalue weighted by atomic mass is 10.1. The average Bonchev–Trinajstić information content (AvgIpc) is 2.87. The zero-order chi connectivity index (χ0) is 13.8. The maximum atomic E-state index is 3.73. The highest BCUT2D eigenvalue weighted by atomic mass is 15.2. The Kier molecular flexibility index (Phi) is 4.58. The van der Waals surface area contributed by atoms with Crippen LogP contribution in [0.25, 0.3) is 0 Å². The van der Waals surface area contributed by atoms with Crippen LogP contribution in [0.15, 0.2) is 24.3 Å². The third-order valence-electron chi connectivity index (χ3n) is 4.65. The van der Waals surface area contributed by atoms with Crippen molar-refractivity contribution in [3.8, 4) is 0 Å². The van der Waals surface area contributed by atoms with Gasteiger partial charge in [-0.05, 0) is 57.5 Å². The smallest absolute Gasteiger partial charge is 0.0399 e. The van der Waals surface area contributed by atoms with Crippen LogP contribution in [0, 0.1) is 0 Å². The molecule has 2 heterocycles. The molecule has 0 spiro atoms. The van der Waals surface area contributed by atoms with Crippen molar-refractivity contribution in [2.24, 2.45) is 0 Å². The highest BCUT2D eigenvalue weighted by Crippen LogP contribution is 2.27. The van der Waals surface area contributed by atoms with Crippen LogP contribution in [-0.4, -0.2) is 50.7 Å². The van der Waals surface area contributed by atoms with Gasteiger partial charge in [-0.3, -0.25) is 0 Å². The van der Waals surface area contributed by atoms with E-state index in [1.807, 2.05) is 0 Å². The number of likely N-dealkylation sites (tertiary alicyclic amines) is 1. The molecule has 0 aromatic heterocycles. The zero-order valence-electron chi connectivity index (χ0n) is 12.6. The molecule has 0 saturated carbocycles. The van der Waals surface area contributed by atoms with Crippen molar-refractivity contribution >= 4 is 5.69 Å². The summed E-state index contributed by atoms with van der Waals surface area (Å²) in [6.07, 6.45) is 5.15. The maximum absolute atomic E-state index is 3.73. The van der Waals surface area contributed by atoms with Gasteiger partial charge in [0.05, 0.1) is 0 Å². The van der Waals surface area contributed by atoms with Gasteiger partial charge in [-0.15, -0.1) is 0 Å². The van der Waals surface area contributed by atoms with Crippen molar-refractivity contribution in [1.82, 2.24) is 10.2 Å². The normalized spacial score (nSPS) is 23.1. The van der Waals surface area contributed by atoms with Gasteiger partial charge >= 0.3 is 0 Å². The van der Waals surface area contributed by atoms with Crippen LogP contribution in [-0.2, 0) is 6.42 Å². The molecule has 3 heteroatoms. The topological polar surface area (TPSA) is 18.5 Å². The monoisotopic (exact) mass is 273 g/mol. The summed E-state index contributed by atoms with van der Waals surface area (Å²) in [5.74, 6) is 0. The SMILES string of the molecule is CN1CCCC(NCCCN2CCc3ccccc32)C1. The van der Waals surface area contributed by atoms with Gasteiger partial charge in [0.2, 0.25) is 0 Å². The van der Waals surface area contributed by atoms with E-state index >= 15 is 0 Å². The number of fused-ring (bicyclic) bond motifs is 1. The fourth-order valence-electron chi connectivity index (χ4n) is 3.55. The number of piperidine rings is 1. The molecule has 3 rings (SSSR count). The molecule has 1 atom stereocenters. The summed E-state index contributed by atoms with van der Waals surface area (Å²) < 4.78 is 0. The first-order valence-electron chi connectivity index (χ1n) is 8.08. The summed E-state index contributed by atoms with van der Waals surface area (Å²) >= 11 is 0. The second-order valence-corrected chi connectivity index (χ2v) is 6.27. The third-order valence-corrected chi connectivity index (χ3v) is 4.65. The summed E-state index contributed by atoms with van der Waals surface area (Å²) in [7, 11) is 2.23. The lowest BCUT2D eigenvalue weighted by molar-refractivity contribution is 0.227. The van der Waals surface area contributed by atoms with E-state index in [1.54, 1.807) is 0 Å². The van der Waals surface area contributed by atoms with Crippen molar-refractivity contribution in [2.75, 3.05) is 44.7 Å². The first-order valence-corrected chi connectivity index (χ1v) is 8.08. The molecule has 0 aliphatic carbocycles. The van der Waals surface area contributed by atoms with Crippen molar-refractivity contribution in [3.63, 3.8) is 0 Å². The van der Waals surface area contributed by atoms with E-state index in [0.29, 0.717) is 6.04 Å². The van der Waals surface area contributed by atoms with E-state index in [9.17, 15) is 0 Å². The van der Waals surface area contributed by atoms with E-state index in [4.69, 9.17) is 0 Å². The summed E-state index contributed by atoms with van der Waals surface area (Å²) in [6, 6.07) is 9.56. The summed E-state index contributed by atoms with van der Waals surface area (Å²) in [5.41, 5.74) is 2.99. The molecule has 1 saturated heterocycles. The molecule has 0 radical (unpaired) electrons. The van der Waals surface area contributed by atoms with Crippen LogP contribution in [0.1, 0.15) is 24.8 Å². The van der Waals surface area contributed by atoms with Crippen LogP contribution in [0.3, 0.4) is 0 Å². The maximum Gasteiger partial charge on any atom is 0.0399 e. The fourth-order valence-corrected chi connectivity index (χ4v) is 3.55. The van der Waals surface area contributed by atoms with E-state index in [1.165, 1.54) is 63.1 Å². The van der Waals surface area contributed by atoms with Gasteiger partial charge in [0, 0.05) is 31.4 Å². The van der Waals surface area contributed by atoms with Crippen LogP contribution < -0.4 is 10.2 Å². The van der Waals surface area contributed by atoms with Crippen LogP contribution >= 0.6 is 0 Å². The van der Waals surface area contributed by atoms with Crippen LogP contribution in [0.4, 0.5) is 5.69 Å². The molecule has 1 N–H and O–H groups in total. The second-order valence-electron chi connectivity index (χ2n) is 6.27. The predicted octanol–water partition coefficient (Wildman–Crippen LogP) is 2.12. The predicted molar refractivity (Wildman–Crippen MR) is 85.5 cm³/mol. The average molecular weight is 273 g/mol. The minimum absolute atomic E-state index is 0.708. The highest BCUT2D eigenvalue weighted by molar-refractivity contribution is 5.57. The molecular formula is C17H27N3. The fraction of sp³-hybridized carbons (Fsp3) is 0.647. The number of hydrogen-bond donors (Lipinski definition) is 1. The van der Waals surface area contributed by atoms with E-state index < -0.39 is 0 Å². The molecule has 2 aliphatic rings. The Morgan fingerprint density at radius 1 is 1.25 bits per heavy atom. The number of benzene rings is 1. The number of rotatable bonds is 5. The number of anilines is 1.